The van der Waals surface area contributed by atoms with Gasteiger partial charge in [-0.3, -0.25) is 10.2 Å². The number of hydrogen-bond donors (Lipinski definition) is 1. The van der Waals surface area contributed by atoms with Crippen LogP contribution in [0.1, 0.15) is 32.0 Å². The number of carbonyl (C=O) groups is 1. The van der Waals surface area contributed by atoms with Crippen molar-refractivity contribution in [2.75, 3.05) is 12.0 Å². The molecule has 0 spiro atoms. The lowest BCUT2D eigenvalue weighted by Crippen LogP contribution is -2.07. The molecular formula is C17H20BrN3O3S. The van der Waals surface area contributed by atoms with Crippen molar-refractivity contribution in [1.29, 1.82) is 0 Å². The van der Waals surface area contributed by atoms with Crippen LogP contribution in [0, 0.1) is 0 Å². The zero-order valence-corrected chi connectivity index (χ0v) is 16.7. The van der Waals surface area contributed by atoms with E-state index >= 15 is 0 Å². The Hall–Kier alpha value is -1.93. The van der Waals surface area contributed by atoms with Crippen molar-refractivity contribution in [2.24, 2.45) is 5.10 Å². The van der Waals surface area contributed by atoms with Gasteiger partial charge in [0.1, 0.15) is 5.75 Å². The molecule has 0 saturated heterocycles. The van der Waals surface area contributed by atoms with E-state index in [2.05, 4.69) is 31.4 Å². The molecule has 0 amide bonds. The summed E-state index contributed by atoms with van der Waals surface area (Å²) in [5.74, 6) is 0.499. The molecule has 1 aromatic carbocycles. The molecule has 0 fully saturated rings. The minimum absolute atomic E-state index is 0.109. The summed E-state index contributed by atoms with van der Waals surface area (Å²) in [5.41, 5.74) is 4.41. The summed E-state index contributed by atoms with van der Waals surface area (Å²) in [6, 6.07) is 5.72. The van der Waals surface area contributed by atoms with Gasteiger partial charge in [0.25, 0.3) is 0 Å². The van der Waals surface area contributed by atoms with Gasteiger partial charge in [-0.05, 0) is 39.0 Å². The van der Waals surface area contributed by atoms with Crippen LogP contribution in [0.5, 0.6) is 5.75 Å². The number of benzene rings is 1. The van der Waals surface area contributed by atoms with Crippen molar-refractivity contribution >= 4 is 44.6 Å². The summed E-state index contributed by atoms with van der Waals surface area (Å²) in [7, 11) is 0. The standard InChI is InChI=1S/C17H20BrN3O3S/c1-4-23-16(22)8-13-10-25-17(20-13)21-19-9-12-7-14(24-11(2)3)5-6-15(12)18/h5-7,9-11H,4,8H2,1-3H3,(H,20,21). The topological polar surface area (TPSA) is 72.8 Å². The molecule has 0 atom stereocenters. The Morgan fingerprint density at radius 1 is 1.48 bits per heavy atom. The van der Waals surface area contributed by atoms with Crippen LogP contribution in [0.25, 0.3) is 0 Å². The predicted octanol–water partition coefficient (Wildman–Crippen LogP) is 4.24. The fourth-order valence-corrected chi connectivity index (χ4v) is 2.93. The molecule has 1 heterocycles. The first-order chi connectivity index (χ1) is 12.0. The normalized spacial score (nSPS) is 11.1. The number of anilines is 1. The number of nitrogens with zero attached hydrogens (tertiary/aromatic N) is 2. The fourth-order valence-electron chi connectivity index (χ4n) is 1.92. The molecule has 6 nitrogen and oxygen atoms in total. The first-order valence-electron chi connectivity index (χ1n) is 7.83. The molecule has 2 rings (SSSR count). The number of esters is 1. The average Bonchev–Trinajstić information content (AvgIpc) is 2.97. The van der Waals surface area contributed by atoms with E-state index in [0.717, 1.165) is 15.8 Å². The maximum Gasteiger partial charge on any atom is 0.311 e. The van der Waals surface area contributed by atoms with Crippen molar-refractivity contribution in [1.82, 2.24) is 4.98 Å². The molecule has 0 unspecified atom stereocenters. The number of ether oxygens (including phenoxy) is 2. The van der Waals surface area contributed by atoms with Gasteiger partial charge in [-0.2, -0.15) is 5.10 Å². The lowest BCUT2D eigenvalue weighted by Gasteiger charge is -2.10. The van der Waals surface area contributed by atoms with Crippen LogP contribution in [0.2, 0.25) is 0 Å². The average molecular weight is 426 g/mol. The number of rotatable bonds is 8. The third kappa shape index (κ3) is 6.47. The minimum atomic E-state index is -0.284. The van der Waals surface area contributed by atoms with E-state index in [-0.39, 0.29) is 18.5 Å². The zero-order valence-electron chi connectivity index (χ0n) is 14.3. The highest BCUT2D eigenvalue weighted by molar-refractivity contribution is 9.10. The fraction of sp³-hybridized carbons (Fsp3) is 0.353. The van der Waals surface area contributed by atoms with Crippen LogP contribution < -0.4 is 10.2 Å². The molecule has 1 N–H and O–H groups in total. The van der Waals surface area contributed by atoms with Crippen LogP contribution in [0.15, 0.2) is 33.2 Å². The van der Waals surface area contributed by atoms with Gasteiger partial charge < -0.3 is 9.47 Å². The third-order valence-electron chi connectivity index (χ3n) is 2.89. The monoisotopic (exact) mass is 425 g/mol. The van der Waals surface area contributed by atoms with Crippen LogP contribution in [-0.4, -0.2) is 29.9 Å². The molecule has 8 heteroatoms. The second-order valence-electron chi connectivity index (χ2n) is 5.35. The summed E-state index contributed by atoms with van der Waals surface area (Å²) in [5, 5.41) is 6.61. The maximum atomic E-state index is 11.4. The van der Waals surface area contributed by atoms with Crippen LogP contribution in [0.4, 0.5) is 5.13 Å². The SMILES string of the molecule is CCOC(=O)Cc1csc(NN=Cc2cc(OC(C)C)ccc2Br)n1. The highest BCUT2D eigenvalue weighted by Gasteiger charge is 2.08. The van der Waals surface area contributed by atoms with E-state index in [1.54, 1.807) is 13.1 Å². The largest absolute Gasteiger partial charge is 0.491 e. The summed E-state index contributed by atoms with van der Waals surface area (Å²) in [4.78, 5) is 15.7. The lowest BCUT2D eigenvalue weighted by molar-refractivity contribution is -0.142. The number of halogens is 1. The van der Waals surface area contributed by atoms with Crippen molar-refractivity contribution in [3.8, 4) is 5.75 Å². The molecule has 0 saturated carbocycles. The minimum Gasteiger partial charge on any atom is -0.491 e. The van der Waals surface area contributed by atoms with E-state index in [1.165, 1.54) is 11.3 Å². The molecule has 0 aliphatic rings. The maximum absolute atomic E-state index is 11.4. The van der Waals surface area contributed by atoms with Gasteiger partial charge in [0.2, 0.25) is 5.13 Å². The summed E-state index contributed by atoms with van der Waals surface area (Å²) >= 11 is 4.87. The van der Waals surface area contributed by atoms with E-state index in [9.17, 15) is 4.79 Å². The first-order valence-corrected chi connectivity index (χ1v) is 9.50. The molecular weight excluding hydrogens is 406 g/mol. The number of carbonyl (C=O) groups excluding carboxylic acids is 1. The van der Waals surface area contributed by atoms with Crippen LogP contribution in [-0.2, 0) is 16.0 Å². The number of hydrogen-bond acceptors (Lipinski definition) is 7. The molecule has 2 aromatic rings. The number of hydrazone groups is 1. The van der Waals surface area contributed by atoms with E-state index in [4.69, 9.17) is 9.47 Å². The first kappa shape index (κ1) is 19.4. The van der Waals surface area contributed by atoms with Gasteiger partial charge in [0, 0.05) is 15.4 Å². The van der Waals surface area contributed by atoms with E-state index in [1.807, 2.05) is 37.4 Å². The van der Waals surface area contributed by atoms with Gasteiger partial charge in [-0.25, -0.2) is 4.98 Å². The van der Waals surface area contributed by atoms with Crippen molar-refractivity contribution in [3.05, 3.63) is 39.3 Å². The Morgan fingerprint density at radius 2 is 2.28 bits per heavy atom. The molecule has 25 heavy (non-hydrogen) atoms. The molecule has 134 valence electrons. The van der Waals surface area contributed by atoms with E-state index < -0.39 is 0 Å². The Labute approximate surface area is 159 Å². The quantitative estimate of drug-likeness (QED) is 0.388. The second-order valence-corrected chi connectivity index (χ2v) is 7.06. The molecule has 0 radical (unpaired) electrons. The van der Waals surface area contributed by atoms with Crippen LogP contribution >= 0.6 is 27.3 Å². The van der Waals surface area contributed by atoms with Gasteiger partial charge in [0.15, 0.2) is 0 Å². The third-order valence-corrected chi connectivity index (χ3v) is 4.40. The van der Waals surface area contributed by atoms with Crippen molar-refractivity contribution < 1.29 is 14.3 Å². The van der Waals surface area contributed by atoms with Gasteiger partial charge >= 0.3 is 5.97 Å². The molecule has 0 aliphatic heterocycles. The smallest absolute Gasteiger partial charge is 0.311 e. The zero-order chi connectivity index (χ0) is 18.2. The molecule has 0 aliphatic carbocycles. The Kier molecular flexibility index (Phi) is 7.39. The highest BCUT2D eigenvalue weighted by Crippen LogP contribution is 2.22. The van der Waals surface area contributed by atoms with E-state index in [0.29, 0.717) is 17.4 Å². The Bertz CT molecular complexity index is 746. The number of nitrogens with one attached hydrogen (secondary N) is 1. The highest BCUT2D eigenvalue weighted by atomic mass is 79.9. The van der Waals surface area contributed by atoms with Gasteiger partial charge in [0.05, 0.1) is 31.0 Å². The number of aromatic nitrogens is 1. The summed E-state index contributed by atoms with van der Waals surface area (Å²) in [6.45, 7) is 6.11. The summed E-state index contributed by atoms with van der Waals surface area (Å²) < 4.78 is 11.5. The predicted molar refractivity (Wildman–Crippen MR) is 104 cm³/mol. The summed E-state index contributed by atoms with van der Waals surface area (Å²) in [6.07, 6.45) is 1.96. The lowest BCUT2D eigenvalue weighted by atomic mass is 10.2. The van der Waals surface area contributed by atoms with Gasteiger partial charge in [-0.15, -0.1) is 11.3 Å². The number of thiazole rings is 1. The molecule has 0 bridgehead atoms. The van der Waals surface area contributed by atoms with Gasteiger partial charge in [-0.1, -0.05) is 15.9 Å². The van der Waals surface area contributed by atoms with Crippen LogP contribution in [0.3, 0.4) is 0 Å². The van der Waals surface area contributed by atoms with Crippen molar-refractivity contribution in [3.63, 3.8) is 0 Å². The molecule has 1 aromatic heterocycles. The Balaban J connectivity index is 1.97. The Morgan fingerprint density at radius 3 is 3.00 bits per heavy atom. The van der Waals surface area contributed by atoms with Crippen molar-refractivity contribution in [2.45, 2.75) is 33.3 Å². The second kappa shape index (κ2) is 9.53.